The number of hydrogen-bond acceptors (Lipinski definition) is 4. The third-order valence-electron chi connectivity index (χ3n) is 20.2. The molecule has 16 heteroatoms. The average Bonchev–Trinajstić information content (AvgIpc) is 1.52. The molecule has 4 aromatic heterocycles. The van der Waals surface area contributed by atoms with Crippen LogP contribution < -0.4 is 42.5 Å². The molecule has 16 nitrogen and oxygen atoms in total. The molecule has 5 heterocycles. The highest BCUT2D eigenvalue weighted by Crippen LogP contribution is 2.48. The zero-order valence-electron chi connectivity index (χ0n) is 57.6. The first-order valence-electron chi connectivity index (χ1n) is 33.9. The normalized spacial score (nSPS) is 17.7. The minimum absolute atomic E-state index is 0.317. The van der Waals surface area contributed by atoms with Crippen LogP contribution in [0, 0.1) is 27.7 Å². The Balaban J connectivity index is 0.907. The van der Waals surface area contributed by atoms with Gasteiger partial charge < -0.3 is 62.5 Å². The van der Waals surface area contributed by atoms with Gasteiger partial charge in [0, 0.05) is 94.5 Å². The maximum atomic E-state index is 13.4. The van der Waals surface area contributed by atoms with Crippen LogP contribution in [0.25, 0.3) is 0 Å². The van der Waals surface area contributed by atoms with Crippen molar-refractivity contribution in [3.8, 4) is 0 Å². The smallest absolute Gasteiger partial charge is 0.319 e. The molecule has 100 heavy (non-hydrogen) atoms. The molecule has 13 rings (SSSR count). The molecule has 0 atom stereocenters. The monoisotopic (exact) mass is 1320 g/mol. The molecule has 1 aliphatic heterocycles. The lowest BCUT2D eigenvalue weighted by Crippen LogP contribution is -2.32. The van der Waals surface area contributed by atoms with Gasteiger partial charge in [-0.3, -0.25) is 0 Å². The summed E-state index contributed by atoms with van der Waals surface area (Å²) in [6.45, 7) is 18.5. The molecule has 0 saturated carbocycles. The van der Waals surface area contributed by atoms with Crippen molar-refractivity contribution in [2.24, 2.45) is 0 Å². The summed E-state index contributed by atoms with van der Waals surface area (Å²) in [7, 11) is 0. The number of amides is 8. The van der Waals surface area contributed by atoms with Crippen molar-refractivity contribution in [3.05, 3.63) is 355 Å². The van der Waals surface area contributed by atoms with E-state index in [0.29, 0.717) is 48.9 Å². The van der Waals surface area contributed by atoms with Crippen molar-refractivity contribution < 1.29 is 19.2 Å². The molecular formula is C84H84N12O4. The zero-order valence-corrected chi connectivity index (χ0v) is 57.6. The number of aromatic amines is 4. The highest BCUT2D eigenvalue weighted by Gasteiger charge is 2.44. The summed E-state index contributed by atoms with van der Waals surface area (Å²) in [5, 5.41) is 24.3. The Morgan fingerprint density at radius 1 is 0.240 bits per heavy atom. The highest BCUT2D eigenvalue weighted by atomic mass is 16.2. The Bertz CT molecular complexity index is 4180. The molecule has 0 saturated heterocycles. The van der Waals surface area contributed by atoms with Crippen molar-refractivity contribution in [3.63, 3.8) is 0 Å². The molecule has 0 aliphatic carbocycles. The fraction of sp³-hybridized carbons (Fsp3) is 0.190. The minimum Gasteiger partial charge on any atom is -0.360 e. The number of rotatable bonds is 16. The van der Waals surface area contributed by atoms with Crippen LogP contribution in [0.3, 0.4) is 0 Å². The lowest BCUT2D eigenvalue weighted by atomic mass is 9.76. The van der Waals surface area contributed by atoms with E-state index in [-0.39, 0.29) is 24.1 Å². The van der Waals surface area contributed by atoms with Gasteiger partial charge in [-0.15, -0.1) is 0 Å². The van der Waals surface area contributed by atoms with Gasteiger partial charge in [0.05, 0.1) is 21.7 Å². The highest BCUT2D eigenvalue weighted by molar-refractivity contribution is 5.91. The number of anilines is 4. The minimum atomic E-state index is -0.885. The Labute approximate surface area is 583 Å². The SMILES string of the molecule is Cc1ccc(CNC(=O)Nc2ccc(C3(C)c4ccc([nH]4)C(C)(c4ccc(NC(=O)NCc5ccc(C)cc5)cc4)c4ccc([nH]4)C(C)(c4ccc(NC(=O)NCc5ccc(C)cc5)cc4)c4ccc([nH]4)C(C)(c4ccc(NC(=O)NCc5ccc(C)cc5)cc4)c4ccc3[nH]4)cc2)cc1. The van der Waals surface area contributed by atoms with E-state index in [9.17, 15) is 19.2 Å². The standard InChI is InChI=1S/C84H84N12O4/c1-53-9-17-57(18-10-53)49-85-77(97)89-65-33-25-61(26-34-65)81(5)69-41-43-71(93-69)82(6,62-27-35-66(36-28-62)90-78(98)86-50-58-19-11-54(2)12-20-58)73-45-47-75(95-73)84(8,64-31-39-68(40-32-64)92-80(100)88-52-60-23-15-56(4)16-24-60)76-48-46-74(96-76)83(7,72-44-42-70(81)94-72)63-29-37-67(38-30-63)91-79(99)87-51-59-21-13-55(3)14-22-59/h9-48,93-96H,49-52H2,1-8H3,(H2,85,89,97)(H2,86,90,98)(H2,87,91,99)(H2,88,92,100). The largest absolute Gasteiger partial charge is 0.360 e. The summed E-state index contributed by atoms with van der Waals surface area (Å²) < 4.78 is 0. The second kappa shape index (κ2) is 27.8. The van der Waals surface area contributed by atoms with E-state index < -0.39 is 21.7 Å². The van der Waals surface area contributed by atoms with Crippen LogP contribution in [-0.2, 0) is 47.8 Å². The molecule has 12 aromatic rings. The van der Waals surface area contributed by atoms with E-state index in [1.807, 2.05) is 173 Å². The Morgan fingerprint density at radius 3 is 0.560 bits per heavy atom. The van der Waals surface area contributed by atoms with E-state index >= 15 is 0 Å². The van der Waals surface area contributed by atoms with E-state index in [1.165, 1.54) is 0 Å². The van der Waals surface area contributed by atoms with E-state index in [1.54, 1.807) is 0 Å². The molecule has 504 valence electrons. The molecular weight excluding hydrogens is 1240 g/mol. The Kier molecular flexibility index (Phi) is 18.5. The lowest BCUT2D eigenvalue weighted by Gasteiger charge is -2.34. The molecule has 8 amide bonds. The predicted octanol–water partition coefficient (Wildman–Crippen LogP) is 17.3. The third kappa shape index (κ3) is 13.8. The topological polar surface area (TPSA) is 228 Å². The van der Waals surface area contributed by atoms with Crippen molar-refractivity contribution >= 4 is 46.9 Å². The molecule has 1 aliphatic rings. The number of urea groups is 4. The van der Waals surface area contributed by atoms with Crippen molar-refractivity contribution in [1.29, 1.82) is 0 Å². The number of aromatic nitrogens is 4. The first-order valence-corrected chi connectivity index (χ1v) is 33.9. The summed E-state index contributed by atoms with van der Waals surface area (Å²) in [5.41, 5.74) is 18.5. The van der Waals surface area contributed by atoms with Gasteiger partial charge >= 0.3 is 24.1 Å². The van der Waals surface area contributed by atoms with Crippen LogP contribution in [0.4, 0.5) is 41.9 Å². The number of carbonyl (C=O) groups excluding carboxylic acids is 4. The number of carbonyl (C=O) groups is 4. The van der Waals surface area contributed by atoms with Crippen LogP contribution in [0.2, 0.25) is 0 Å². The summed E-state index contributed by atoms with van der Waals surface area (Å²) in [6, 6.07) is 80.5. The van der Waals surface area contributed by atoms with Gasteiger partial charge in [-0.25, -0.2) is 19.2 Å². The number of nitrogens with one attached hydrogen (secondary N) is 12. The zero-order chi connectivity index (χ0) is 69.8. The Morgan fingerprint density at radius 2 is 0.400 bits per heavy atom. The van der Waals surface area contributed by atoms with Gasteiger partial charge in [-0.05, 0) is 197 Å². The van der Waals surface area contributed by atoms with Gasteiger partial charge in [0.1, 0.15) is 0 Å². The quantitative estimate of drug-likeness (QED) is 0.0453. The van der Waals surface area contributed by atoms with Crippen LogP contribution in [-0.4, -0.2) is 44.1 Å². The molecule has 8 aromatic carbocycles. The number of benzene rings is 8. The first-order chi connectivity index (χ1) is 48.2. The maximum absolute atomic E-state index is 13.4. The molecule has 0 spiro atoms. The van der Waals surface area contributed by atoms with Crippen LogP contribution in [0.15, 0.2) is 243 Å². The van der Waals surface area contributed by atoms with Gasteiger partial charge in [0.15, 0.2) is 0 Å². The number of hydrogen-bond donors (Lipinski definition) is 12. The van der Waals surface area contributed by atoms with Gasteiger partial charge in [0.25, 0.3) is 0 Å². The summed E-state index contributed by atoms with van der Waals surface area (Å²) in [5.74, 6) is 0. The van der Waals surface area contributed by atoms with Crippen molar-refractivity contribution in [2.75, 3.05) is 21.3 Å². The average molecular weight is 1330 g/mol. The third-order valence-corrected chi connectivity index (χ3v) is 20.2. The van der Waals surface area contributed by atoms with Crippen molar-refractivity contribution in [1.82, 2.24) is 41.2 Å². The van der Waals surface area contributed by atoms with Crippen LogP contribution >= 0.6 is 0 Å². The van der Waals surface area contributed by atoms with Gasteiger partial charge in [0.2, 0.25) is 0 Å². The fourth-order valence-electron chi connectivity index (χ4n) is 13.5. The van der Waals surface area contributed by atoms with Crippen LogP contribution in [0.1, 0.15) is 140 Å². The van der Waals surface area contributed by atoms with Gasteiger partial charge in [-0.1, -0.05) is 168 Å². The fourth-order valence-corrected chi connectivity index (χ4v) is 13.5. The predicted molar refractivity (Wildman–Crippen MR) is 399 cm³/mol. The van der Waals surface area contributed by atoms with E-state index in [4.69, 9.17) is 0 Å². The van der Waals surface area contributed by atoms with Gasteiger partial charge in [-0.2, -0.15) is 0 Å². The summed E-state index contributed by atoms with van der Waals surface area (Å²) in [6.07, 6.45) is 0. The second-order valence-corrected chi connectivity index (χ2v) is 27.1. The van der Waals surface area contributed by atoms with Crippen LogP contribution in [0.5, 0.6) is 0 Å². The summed E-state index contributed by atoms with van der Waals surface area (Å²) in [4.78, 5) is 69.9. The Hall–Kier alpha value is -12.0. The van der Waals surface area contributed by atoms with E-state index in [2.05, 4.69) is 187 Å². The maximum Gasteiger partial charge on any atom is 0.319 e. The first kappa shape index (κ1) is 66.6. The second-order valence-electron chi connectivity index (χ2n) is 27.1. The molecule has 0 unspecified atom stereocenters. The molecule has 8 bridgehead atoms. The number of fused-ring (bicyclic) bond motifs is 8. The molecule has 0 fully saturated rings. The number of H-pyrrole nitrogens is 4. The van der Waals surface area contributed by atoms with E-state index in [0.717, 1.165) is 112 Å². The lowest BCUT2D eigenvalue weighted by molar-refractivity contribution is 0.251. The number of aryl methyl sites for hydroxylation is 4. The molecule has 0 radical (unpaired) electrons. The van der Waals surface area contributed by atoms with Crippen molar-refractivity contribution in [2.45, 2.75) is 103 Å². The molecule has 12 N–H and O–H groups in total. The summed E-state index contributed by atoms with van der Waals surface area (Å²) >= 11 is 0.